The topological polar surface area (TPSA) is 20.2 Å². The summed E-state index contributed by atoms with van der Waals surface area (Å²) in [4.78, 5) is 1.67. The van der Waals surface area contributed by atoms with Gasteiger partial charge in [0.05, 0.1) is 0 Å². The van der Waals surface area contributed by atoms with Crippen LogP contribution >= 0.6 is 0 Å². The first kappa shape index (κ1) is 17.0. The van der Waals surface area contributed by atoms with E-state index in [1.807, 2.05) is 24.3 Å². The minimum absolute atomic E-state index is 0.0139. The molecule has 0 aliphatic rings. The Hall–Kier alpha value is -1.38. The fraction of sp³-hybridized carbons (Fsp3) is 0.350. The van der Waals surface area contributed by atoms with Crippen molar-refractivity contribution in [2.45, 2.75) is 45.4 Å². The number of phenols is 1. The van der Waals surface area contributed by atoms with Gasteiger partial charge < -0.3 is 0 Å². The van der Waals surface area contributed by atoms with Crippen LogP contribution in [0, 0.1) is 0 Å². The van der Waals surface area contributed by atoms with E-state index in [0.717, 1.165) is 11.1 Å². The van der Waals surface area contributed by atoms with Crippen LogP contribution in [0.3, 0.4) is 0 Å². The molecule has 0 atom stereocenters. The average molecular weight is 339 g/mol. The van der Waals surface area contributed by atoms with Crippen LogP contribution in [-0.2, 0) is 26.1 Å². The molecule has 0 aromatic heterocycles. The second-order valence-electron chi connectivity index (χ2n) is 7.30. The van der Waals surface area contributed by atoms with E-state index in [4.69, 9.17) is 0 Å². The summed E-state index contributed by atoms with van der Waals surface area (Å²) in [6, 6.07) is 14.4. The van der Waals surface area contributed by atoms with Crippen molar-refractivity contribution in [2.75, 3.05) is 0 Å². The Labute approximate surface area is 141 Å². The van der Waals surface area contributed by atoms with Gasteiger partial charge in [0.2, 0.25) is 0 Å². The first-order valence-electron chi connectivity index (χ1n) is 7.52. The van der Waals surface area contributed by atoms with Gasteiger partial charge in [0.1, 0.15) is 0 Å². The number of rotatable bonds is 3. The Kier molecular flexibility index (Phi) is 4.64. The van der Waals surface area contributed by atoms with Crippen molar-refractivity contribution in [3.63, 3.8) is 0 Å². The Morgan fingerprint density at radius 1 is 0.909 bits per heavy atom. The molecule has 0 unspecified atom stereocenters. The average Bonchev–Trinajstić information content (AvgIpc) is 2.47. The predicted octanol–water partition coefficient (Wildman–Crippen LogP) is 4.71. The third-order valence-corrected chi connectivity index (χ3v) is 4.60. The SMILES string of the molecule is CC(C)(C)c1cc([CH]=[Co])c(O)c(C(C)(C)c2ccccc2)c1. The third-order valence-electron chi connectivity index (χ3n) is 4.28. The van der Waals surface area contributed by atoms with Gasteiger partial charge in [-0.3, -0.25) is 0 Å². The molecule has 0 saturated carbocycles. The second kappa shape index (κ2) is 6.02. The van der Waals surface area contributed by atoms with Crippen molar-refractivity contribution >= 4 is 4.96 Å². The van der Waals surface area contributed by atoms with E-state index in [1.54, 1.807) is 4.96 Å². The first-order chi connectivity index (χ1) is 10.2. The van der Waals surface area contributed by atoms with Crippen LogP contribution in [0.2, 0.25) is 0 Å². The summed E-state index contributed by atoms with van der Waals surface area (Å²) in [6.07, 6.45) is 0. The van der Waals surface area contributed by atoms with Crippen LogP contribution in [0.15, 0.2) is 42.5 Å². The molecule has 0 amide bonds. The molecular formula is C20H24CoO. The summed E-state index contributed by atoms with van der Waals surface area (Å²) < 4.78 is 0. The molecule has 2 aromatic rings. The fourth-order valence-electron chi connectivity index (χ4n) is 2.65. The van der Waals surface area contributed by atoms with Crippen LogP contribution in [0.1, 0.15) is 56.9 Å². The number of aromatic hydroxyl groups is 1. The van der Waals surface area contributed by atoms with Gasteiger partial charge in [0.15, 0.2) is 0 Å². The molecule has 0 bridgehead atoms. The summed E-state index contributed by atoms with van der Waals surface area (Å²) >= 11 is 4.32. The molecular weight excluding hydrogens is 315 g/mol. The number of hydrogen-bond acceptors (Lipinski definition) is 1. The number of hydrogen-bond donors (Lipinski definition) is 1. The molecule has 0 heterocycles. The summed E-state index contributed by atoms with van der Waals surface area (Å²) in [7, 11) is 0. The van der Waals surface area contributed by atoms with Crippen molar-refractivity contribution in [1.29, 1.82) is 0 Å². The zero-order valence-corrected chi connectivity index (χ0v) is 14.9. The third kappa shape index (κ3) is 3.18. The van der Waals surface area contributed by atoms with Gasteiger partial charge in [0, 0.05) is 0 Å². The monoisotopic (exact) mass is 339 g/mol. The van der Waals surface area contributed by atoms with Crippen LogP contribution < -0.4 is 0 Å². The molecule has 1 nitrogen and oxygen atoms in total. The molecule has 119 valence electrons. The van der Waals surface area contributed by atoms with E-state index in [0.29, 0.717) is 5.75 Å². The van der Waals surface area contributed by atoms with E-state index in [-0.39, 0.29) is 10.8 Å². The molecule has 0 saturated heterocycles. The molecule has 0 aliphatic carbocycles. The molecule has 0 aliphatic heterocycles. The summed E-state index contributed by atoms with van der Waals surface area (Å²) in [5, 5.41) is 10.7. The molecule has 2 rings (SSSR count). The Morgan fingerprint density at radius 3 is 2.00 bits per heavy atom. The van der Waals surface area contributed by atoms with Crippen LogP contribution in [0.4, 0.5) is 0 Å². The molecule has 0 fully saturated rings. The normalized spacial score (nSPS) is 12.3. The van der Waals surface area contributed by atoms with E-state index < -0.39 is 0 Å². The number of benzene rings is 2. The first-order valence-corrected chi connectivity index (χ1v) is 8.12. The van der Waals surface area contributed by atoms with Gasteiger partial charge in [-0.05, 0) is 0 Å². The maximum atomic E-state index is 10.7. The molecule has 0 radical (unpaired) electrons. The van der Waals surface area contributed by atoms with Crippen LogP contribution in [0.5, 0.6) is 5.75 Å². The van der Waals surface area contributed by atoms with E-state index in [9.17, 15) is 5.11 Å². The summed E-state index contributed by atoms with van der Waals surface area (Å²) in [6.45, 7) is 10.8. The zero-order valence-electron chi connectivity index (χ0n) is 13.9. The van der Waals surface area contributed by atoms with Gasteiger partial charge >= 0.3 is 141 Å². The fourth-order valence-corrected chi connectivity index (χ4v) is 2.88. The zero-order chi connectivity index (χ0) is 16.5. The molecule has 0 spiro atoms. The quantitative estimate of drug-likeness (QED) is 0.858. The molecule has 2 heteroatoms. The Balaban J connectivity index is 2.71. The van der Waals surface area contributed by atoms with Gasteiger partial charge in [-0.15, -0.1) is 0 Å². The van der Waals surface area contributed by atoms with Crippen molar-refractivity contribution in [1.82, 2.24) is 0 Å². The van der Waals surface area contributed by atoms with Gasteiger partial charge in [-0.25, -0.2) is 0 Å². The van der Waals surface area contributed by atoms with Gasteiger partial charge in [-0.1, -0.05) is 0 Å². The van der Waals surface area contributed by atoms with Crippen molar-refractivity contribution in [3.05, 3.63) is 64.7 Å². The maximum absolute atomic E-state index is 10.7. The van der Waals surface area contributed by atoms with Crippen molar-refractivity contribution in [3.8, 4) is 5.75 Å². The second-order valence-corrected chi connectivity index (χ2v) is 7.60. The summed E-state index contributed by atoms with van der Waals surface area (Å²) in [5.41, 5.74) is 3.82. The standard InChI is InChI=1S/C20H24O.Co/c1-14-12-16(19(2,3)4)13-17(18(14)21)20(5,6)15-10-8-7-9-11-15;/h1,7-13,21H,2-6H3;. The molecule has 22 heavy (non-hydrogen) atoms. The minimum atomic E-state index is -0.280. The van der Waals surface area contributed by atoms with E-state index >= 15 is 0 Å². The van der Waals surface area contributed by atoms with Crippen LogP contribution in [-0.4, -0.2) is 10.1 Å². The van der Waals surface area contributed by atoms with Crippen molar-refractivity contribution in [2.24, 2.45) is 0 Å². The summed E-state index contributed by atoms with van der Waals surface area (Å²) in [5.74, 6) is 0.315. The van der Waals surface area contributed by atoms with E-state index in [1.165, 1.54) is 11.1 Å². The van der Waals surface area contributed by atoms with Crippen LogP contribution in [0.25, 0.3) is 0 Å². The number of phenolic OH excluding ortho intramolecular Hbond substituents is 1. The predicted molar refractivity (Wildman–Crippen MR) is 90.5 cm³/mol. The Morgan fingerprint density at radius 2 is 1.50 bits per heavy atom. The molecule has 1 N–H and O–H groups in total. The van der Waals surface area contributed by atoms with Crippen molar-refractivity contribution < 1.29 is 20.4 Å². The van der Waals surface area contributed by atoms with Gasteiger partial charge in [-0.2, -0.15) is 0 Å². The van der Waals surface area contributed by atoms with E-state index in [2.05, 4.69) is 68.1 Å². The van der Waals surface area contributed by atoms with Gasteiger partial charge in [0.25, 0.3) is 0 Å². The molecule has 2 aromatic carbocycles. The Bertz CT molecular complexity index is 679.